The van der Waals surface area contributed by atoms with E-state index in [1.165, 1.54) is 19.1 Å². The molecule has 0 fully saturated rings. The molecule has 9 N–H and O–H groups in total. The Bertz CT molecular complexity index is 1470. The summed E-state index contributed by atoms with van der Waals surface area (Å²) < 4.78 is 0. The first kappa shape index (κ1) is 33.6. The van der Waals surface area contributed by atoms with Gasteiger partial charge in [-0.2, -0.15) is 0 Å². The van der Waals surface area contributed by atoms with Crippen molar-refractivity contribution in [2.45, 2.75) is 64.2 Å². The number of carbonyl (C=O) groups is 5. The molecule has 13 nitrogen and oxygen atoms in total. The third-order valence-corrected chi connectivity index (χ3v) is 6.97. The number of rotatable bonds is 15. The predicted molar refractivity (Wildman–Crippen MR) is 163 cm³/mol. The molecule has 0 saturated carbocycles. The van der Waals surface area contributed by atoms with Crippen LogP contribution in [-0.4, -0.2) is 75.5 Å². The number of fused-ring (bicyclic) bond motifs is 1. The van der Waals surface area contributed by atoms with Crippen LogP contribution in [0.5, 0.6) is 5.75 Å². The van der Waals surface area contributed by atoms with Crippen LogP contribution in [0.4, 0.5) is 0 Å². The van der Waals surface area contributed by atoms with E-state index in [1.807, 2.05) is 38.1 Å². The molecule has 0 radical (unpaired) electrons. The third-order valence-electron chi connectivity index (χ3n) is 6.97. The van der Waals surface area contributed by atoms with Gasteiger partial charge >= 0.3 is 5.97 Å². The summed E-state index contributed by atoms with van der Waals surface area (Å²) in [5.74, 6) is -3.76. The summed E-state index contributed by atoms with van der Waals surface area (Å²) in [6.45, 7) is 4.55. The lowest BCUT2D eigenvalue weighted by molar-refractivity contribution is -0.138. The molecule has 1 heterocycles. The summed E-state index contributed by atoms with van der Waals surface area (Å²) in [4.78, 5) is 66.2. The van der Waals surface area contributed by atoms with E-state index in [4.69, 9.17) is 10.8 Å². The third kappa shape index (κ3) is 9.83. The second kappa shape index (κ2) is 15.5. The van der Waals surface area contributed by atoms with Crippen molar-refractivity contribution in [1.29, 1.82) is 0 Å². The molecule has 1 aromatic heterocycles. The Hall–Kier alpha value is -4.91. The Balaban J connectivity index is 1.64. The number of aromatic hydroxyl groups is 1. The zero-order valence-corrected chi connectivity index (χ0v) is 24.9. The second-order valence-corrected chi connectivity index (χ2v) is 11.1. The van der Waals surface area contributed by atoms with Crippen molar-refractivity contribution in [3.05, 3.63) is 65.9 Å². The quantitative estimate of drug-likeness (QED) is 0.123. The van der Waals surface area contributed by atoms with Gasteiger partial charge in [0.1, 0.15) is 30.4 Å². The average molecular weight is 609 g/mol. The van der Waals surface area contributed by atoms with Crippen LogP contribution in [0.3, 0.4) is 0 Å². The van der Waals surface area contributed by atoms with Gasteiger partial charge in [-0.1, -0.05) is 44.2 Å². The van der Waals surface area contributed by atoms with Crippen LogP contribution in [0.1, 0.15) is 38.3 Å². The van der Waals surface area contributed by atoms with Gasteiger partial charge in [0.05, 0.1) is 6.04 Å². The lowest BCUT2D eigenvalue weighted by Crippen LogP contribution is -2.57. The maximum atomic E-state index is 13.2. The number of aliphatic carboxylic acids is 1. The van der Waals surface area contributed by atoms with Gasteiger partial charge in [0.25, 0.3) is 0 Å². The maximum Gasteiger partial charge on any atom is 0.322 e. The molecule has 2 aromatic carbocycles. The van der Waals surface area contributed by atoms with Gasteiger partial charge in [0.2, 0.25) is 23.6 Å². The zero-order chi connectivity index (χ0) is 32.4. The molecule has 0 saturated heterocycles. The van der Waals surface area contributed by atoms with Crippen molar-refractivity contribution in [3.63, 3.8) is 0 Å². The van der Waals surface area contributed by atoms with E-state index in [1.54, 1.807) is 18.3 Å². The zero-order valence-electron chi connectivity index (χ0n) is 24.9. The highest BCUT2D eigenvalue weighted by Gasteiger charge is 2.29. The number of phenolic OH excluding ortho intramolecular Hbond substituents is 1. The number of carbonyl (C=O) groups excluding carboxylic acids is 4. The largest absolute Gasteiger partial charge is 0.508 e. The minimum atomic E-state index is -1.26. The number of aromatic amines is 1. The van der Waals surface area contributed by atoms with Gasteiger partial charge in [-0.25, -0.2) is 0 Å². The molecular weight excluding hydrogens is 568 g/mol. The number of carboxylic acids is 1. The van der Waals surface area contributed by atoms with E-state index in [2.05, 4.69) is 26.3 Å². The Morgan fingerprint density at radius 3 is 2.14 bits per heavy atom. The first-order chi connectivity index (χ1) is 20.8. The number of para-hydroxylation sites is 1. The van der Waals surface area contributed by atoms with E-state index < -0.39 is 60.3 Å². The molecule has 3 aromatic rings. The number of nitrogens with one attached hydrogen (secondary N) is 5. The minimum absolute atomic E-state index is 0.00150. The molecule has 0 aliphatic heterocycles. The van der Waals surface area contributed by atoms with Crippen molar-refractivity contribution in [2.24, 2.45) is 11.7 Å². The molecule has 13 heteroatoms. The van der Waals surface area contributed by atoms with Crippen LogP contribution in [0, 0.1) is 5.92 Å². The molecule has 0 spiro atoms. The number of phenols is 1. The molecule has 0 aliphatic carbocycles. The molecule has 3 rings (SSSR count). The second-order valence-electron chi connectivity index (χ2n) is 11.1. The standard InChI is InChI=1S/C31H40N6O7/c1-17(2)12-25(37-29(42)23(32)14-20-15-33-24-7-5-4-6-22(20)24)31(44)35-18(3)28(41)36-26(30(43)34-16-27(39)40)13-19-8-10-21(38)11-9-19/h4-11,15,17-18,23,25-26,33,38H,12-14,16,32H2,1-3H3,(H,34,43)(H,35,44)(H,36,41)(H,37,42)(H,39,40)/t18-,23-,25-,26-/m0/s1. The number of nitrogens with two attached hydrogens (primary N) is 1. The van der Waals surface area contributed by atoms with Gasteiger partial charge in [-0.15, -0.1) is 0 Å². The topological polar surface area (TPSA) is 216 Å². The first-order valence-electron chi connectivity index (χ1n) is 14.3. The van der Waals surface area contributed by atoms with Crippen molar-refractivity contribution in [3.8, 4) is 5.75 Å². The Kier molecular flexibility index (Phi) is 11.9. The van der Waals surface area contributed by atoms with Crippen molar-refractivity contribution >= 4 is 40.5 Å². The minimum Gasteiger partial charge on any atom is -0.508 e. The van der Waals surface area contributed by atoms with Crippen molar-refractivity contribution < 1.29 is 34.2 Å². The number of amides is 4. The van der Waals surface area contributed by atoms with Crippen molar-refractivity contribution in [2.75, 3.05) is 6.54 Å². The maximum absolute atomic E-state index is 13.2. The van der Waals surface area contributed by atoms with E-state index in [0.717, 1.165) is 16.5 Å². The van der Waals surface area contributed by atoms with Crippen LogP contribution >= 0.6 is 0 Å². The van der Waals surface area contributed by atoms with Gasteiger partial charge < -0.3 is 42.2 Å². The van der Waals surface area contributed by atoms with E-state index in [0.29, 0.717) is 5.56 Å². The number of benzene rings is 2. The molecule has 44 heavy (non-hydrogen) atoms. The summed E-state index contributed by atoms with van der Waals surface area (Å²) in [6, 6.07) is 9.42. The van der Waals surface area contributed by atoms with Gasteiger partial charge in [-0.05, 0) is 55.0 Å². The van der Waals surface area contributed by atoms with Crippen LogP contribution in [0.2, 0.25) is 0 Å². The van der Waals surface area contributed by atoms with Crippen LogP contribution in [0.25, 0.3) is 10.9 Å². The van der Waals surface area contributed by atoms with Crippen LogP contribution < -0.4 is 27.0 Å². The number of aromatic nitrogens is 1. The molecule has 0 bridgehead atoms. The van der Waals surface area contributed by atoms with E-state index in [9.17, 15) is 29.1 Å². The highest BCUT2D eigenvalue weighted by molar-refractivity contribution is 5.95. The van der Waals surface area contributed by atoms with Gasteiger partial charge in [0, 0.05) is 23.5 Å². The summed E-state index contributed by atoms with van der Waals surface area (Å²) in [7, 11) is 0. The molecule has 4 atom stereocenters. The summed E-state index contributed by atoms with van der Waals surface area (Å²) in [5, 5.41) is 29.5. The normalized spacial score (nSPS) is 13.8. The molecule has 236 valence electrons. The Morgan fingerprint density at radius 2 is 1.48 bits per heavy atom. The predicted octanol–water partition coefficient (Wildman–Crippen LogP) is 0.707. The monoisotopic (exact) mass is 608 g/mol. The first-order valence-corrected chi connectivity index (χ1v) is 14.3. The lowest BCUT2D eigenvalue weighted by atomic mass is 10.0. The summed E-state index contributed by atoms with van der Waals surface area (Å²) in [6.07, 6.45) is 2.33. The average Bonchev–Trinajstić information content (AvgIpc) is 3.38. The fourth-order valence-electron chi connectivity index (χ4n) is 4.65. The highest BCUT2D eigenvalue weighted by Crippen LogP contribution is 2.19. The van der Waals surface area contributed by atoms with Gasteiger partial charge in [-0.3, -0.25) is 24.0 Å². The fourth-order valence-corrected chi connectivity index (χ4v) is 4.65. The number of hydrogen-bond acceptors (Lipinski definition) is 7. The summed E-state index contributed by atoms with van der Waals surface area (Å²) in [5.41, 5.74) is 8.60. The van der Waals surface area contributed by atoms with Crippen molar-refractivity contribution in [1.82, 2.24) is 26.3 Å². The smallest absolute Gasteiger partial charge is 0.322 e. The molecule has 0 aliphatic rings. The SMILES string of the molecule is CC(C)C[C@H](NC(=O)[C@@H](N)Cc1c[nH]c2ccccc12)C(=O)N[C@@H](C)C(=O)N[C@@H](Cc1ccc(O)cc1)C(=O)NCC(=O)O. The van der Waals surface area contributed by atoms with E-state index >= 15 is 0 Å². The molecule has 4 amide bonds. The Labute approximate surface area is 255 Å². The number of carboxylic acid groups (broad SMARTS) is 1. The lowest BCUT2D eigenvalue weighted by Gasteiger charge is -2.25. The van der Waals surface area contributed by atoms with Crippen LogP contribution in [-0.2, 0) is 36.8 Å². The van der Waals surface area contributed by atoms with Crippen LogP contribution in [0.15, 0.2) is 54.7 Å². The highest BCUT2D eigenvalue weighted by atomic mass is 16.4. The Morgan fingerprint density at radius 1 is 0.818 bits per heavy atom. The fraction of sp³-hybridized carbons (Fsp3) is 0.387. The van der Waals surface area contributed by atoms with E-state index in [-0.39, 0.29) is 30.9 Å². The molecular formula is C31H40N6O7. The summed E-state index contributed by atoms with van der Waals surface area (Å²) >= 11 is 0. The molecule has 0 unspecified atom stereocenters. The number of hydrogen-bond donors (Lipinski definition) is 8. The number of H-pyrrole nitrogens is 1. The van der Waals surface area contributed by atoms with Gasteiger partial charge in [0.15, 0.2) is 0 Å².